The lowest BCUT2D eigenvalue weighted by atomic mass is 9.90. The summed E-state index contributed by atoms with van der Waals surface area (Å²) in [5.74, 6) is 0. The molecule has 1 aliphatic rings. The van der Waals surface area contributed by atoms with E-state index < -0.39 is 0 Å². The Morgan fingerprint density at radius 1 is 1.27 bits per heavy atom. The van der Waals surface area contributed by atoms with Crippen LogP contribution in [0.1, 0.15) is 24.8 Å². The summed E-state index contributed by atoms with van der Waals surface area (Å²) in [6.07, 6.45) is 5.35. The van der Waals surface area contributed by atoms with Gasteiger partial charge in [0.05, 0.1) is 6.04 Å². The molecule has 3 heteroatoms. The Labute approximate surface area is 89.1 Å². The minimum absolute atomic E-state index is 0.0196. The monoisotopic (exact) mass is 199 g/mol. The normalized spacial score (nSPS) is 20.3. The first kappa shape index (κ1) is 9.81. The third-order valence-corrected chi connectivity index (χ3v) is 2.70. The van der Waals surface area contributed by atoms with Crippen molar-refractivity contribution in [2.24, 2.45) is 5.11 Å². The summed E-state index contributed by atoms with van der Waals surface area (Å²) < 4.78 is 0. The Bertz CT molecular complexity index is 402. The number of hydrogen-bond acceptors (Lipinski definition) is 1. The van der Waals surface area contributed by atoms with Gasteiger partial charge in [-0.3, -0.25) is 0 Å². The first-order valence-electron chi connectivity index (χ1n) is 5.21. The molecular weight excluding hydrogens is 186 g/mol. The molecule has 2 rings (SSSR count). The molecule has 1 aromatic rings. The van der Waals surface area contributed by atoms with E-state index in [1.807, 2.05) is 18.2 Å². The molecule has 1 atom stereocenters. The van der Waals surface area contributed by atoms with E-state index in [-0.39, 0.29) is 6.04 Å². The third-order valence-electron chi connectivity index (χ3n) is 2.70. The molecule has 0 spiro atoms. The van der Waals surface area contributed by atoms with Crippen molar-refractivity contribution >= 4 is 5.57 Å². The number of nitrogens with zero attached hydrogens (tertiary/aromatic N) is 3. The topological polar surface area (TPSA) is 48.8 Å². The van der Waals surface area contributed by atoms with Gasteiger partial charge in [-0.1, -0.05) is 41.5 Å². The Hall–Kier alpha value is -1.73. The summed E-state index contributed by atoms with van der Waals surface area (Å²) in [7, 11) is 0. The fraction of sp³-hybridized carbons (Fsp3) is 0.333. The average molecular weight is 199 g/mol. The lowest BCUT2D eigenvalue weighted by Gasteiger charge is -2.20. The van der Waals surface area contributed by atoms with Crippen LogP contribution in [0.25, 0.3) is 16.0 Å². The van der Waals surface area contributed by atoms with Crippen LogP contribution in [0.4, 0.5) is 0 Å². The maximum atomic E-state index is 8.51. The van der Waals surface area contributed by atoms with Gasteiger partial charge >= 0.3 is 0 Å². The third kappa shape index (κ3) is 2.20. The molecule has 0 aromatic heterocycles. The smallest absolute Gasteiger partial charge is 0.0628 e. The molecule has 0 radical (unpaired) electrons. The van der Waals surface area contributed by atoms with Crippen molar-refractivity contribution in [3.05, 3.63) is 52.4 Å². The van der Waals surface area contributed by atoms with Gasteiger partial charge in [0.1, 0.15) is 0 Å². The zero-order valence-electron chi connectivity index (χ0n) is 8.50. The van der Waals surface area contributed by atoms with Gasteiger partial charge in [0.25, 0.3) is 0 Å². The summed E-state index contributed by atoms with van der Waals surface area (Å²) in [5, 5.41) is 3.85. The molecule has 0 saturated heterocycles. The molecule has 76 valence electrons. The average Bonchev–Trinajstić information content (AvgIpc) is 2.31. The molecule has 3 nitrogen and oxygen atoms in total. The number of hydrogen-bond donors (Lipinski definition) is 0. The van der Waals surface area contributed by atoms with Gasteiger partial charge in [0, 0.05) is 4.91 Å². The quantitative estimate of drug-likeness (QED) is 0.393. The van der Waals surface area contributed by atoms with E-state index in [1.54, 1.807) is 0 Å². The molecule has 0 N–H and O–H groups in total. The summed E-state index contributed by atoms with van der Waals surface area (Å²) in [4.78, 5) is 2.92. The fourth-order valence-corrected chi connectivity index (χ4v) is 1.98. The Morgan fingerprint density at radius 2 is 2.07 bits per heavy atom. The predicted octanol–water partition coefficient (Wildman–Crippen LogP) is 3.93. The van der Waals surface area contributed by atoms with Gasteiger partial charge in [-0.2, -0.15) is 0 Å². The lowest BCUT2D eigenvalue weighted by molar-refractivity contribution is 0.657. The largest absolute Gasteiger partial charge is 0.0859 e. The molecule has 0 fully saturated rings. The molecule has 0 heterocycles. The van der Waals surface area contributed by atoms with E-state index in [1.165, 1.54) is 11.1 Å². The van der Waals surface area contributed by atoms with Crippen molar-refractivity contribution in [3.63, 3.8) is 0 Å². The van der Waals surface area contributed by atoms with Crippen LogP contribution >= 0.6 is 0 Å². The Kier molecular flexibility index (Phi) is 3.05. The van der Waals surface area contributed by atoms with E-state index in [2.05, 4.69) is 28.2 Å². The maximum absolute atomic E-state index is 8.51. The summed E-state index contributed by atoms with van der Waals surface area (Å²) in [5.41, 5.74) is 10.9. The van der Waals surface area contributed by atoms with Crippen molar-refractivity contribution in [2.75, 3.05) is 0 Å². The van der Waals surface area contributed by atoms with Crippen LogP contribution in [0.2, 0.25) is 0 Å². The van der Waals surface area contributed by atoms with Crippen LogP contribution in [0.5, 0.6) is 0 Å². The molecule has 1 aromatic carbocycles. The minimum Gasteiger partial charge on any atom is -0.0859 e. The number of allylic oxidation sites excluding steroid dienone is 1. The molecule has 1 unspecified atom stereocenters. The maximum Gasteiger partial charge on any atom is 0.0628 e. The molecule has 15 heavy (non-hydrogen) atoms. The summed E-state index contributed by atoms with van der Waals surface area (Å²) in [6.45, 7) is 0. The number of azide groups is 1. The van der Waals surface area contributed by atoms with Crippen LogP contribution in [0, 0.1) is 0 Å². The molecule has 0 saturated carbocycles. The van der Waals surface area contributed by atoms with Gasteiger partial charge in [-0.05, 0) is 35.9 Å². The molecule has 1 aliphatic carbocycles. The van der Waals surface area contributed by atoms with E-state index in [0.29, 0.717) is 0 Å². The van der Waals surface area contributed by atoms with Crippen LogP contribution < -0.4 is 0 Å². The second kappa shape index (κ2) is 4.67. The van der Waals surface area contributed by atoms with Crippen LogP contribution in [0.15, 0.2) is 41.5 Å². The molecule has 0 aliphatic heterocycles. The highest BCUT2D eigenvalue weighted by Crippen LogP contribution is 2.29. The van der Waals surface area contributed by atoms with Crippen molar-refractivity contribution in [3.8, 4) is 0 Å². The van der Waals surface area contributed by atoms with Crippen LogP contribution in [-0.4, -0.2) is 6.04 Å². The van der Waals surface area contributed by atoms with E-state index in [4.69, 9.17) is 5.53 Å². The highest BCUT2D eigenvalue weighted by atomic mass is 15.1. The SMILES string of the molecule is [N-]=[N+]=NC1CCCC=C1c1ccccc1. The zero-order valence-corrected chi connectivity index (χ0v) is 8.50. The molecular formula is C12H13N3. The van der Waals surface area contributed by atoms with E-state index in [0.717, 1.165) is 19.3 Å². The summed E-state index contributed by atoms with van der Waals surface area (Å²) >= 11 is 0. The van der Waals surface area contributed by atoms with Gasteiger partial charge < -0.3 is 0 Å². The van der Waals surface area contributed by atoms with Crippen LogP contribution in [-0.2, 0) is 0 Å². The first-order valence-corrected chi connectivity index (χ1v) is 5.21. The van der Waals surface area contributed by atoms with Crippen molar-refractivity contribution in [1.29, 1.82) is 0 Å². The highest BCUT2D eigenvalue weighted by molar-refractivity contribution is 5.70. The lowest BCUT2D eigenvalue weighted by Crippen LogP contribution is -2.10. The summed E-state index contributed by atoms with van der Waals surface area (Å²) in [6, 6.07) is 10.2. The molecule has 0 bridgehead atoms. The number of rotatable bonds is 2. The fourth-order valence-electron chi connectivity index (χ4n) is 1.98. The molecule has 0 amide bonds. The van der Waals surface area contributed by atoms with E-state index >= 15 is 0 Å². The van der Waals surface area contributed by atoms with Gasteiger partial charge in [0.15, 0.2) is 0 Å². The first-order chi connectivity index (χ1) is 7.42. The van der Waals surface area contributed by atoms with E-state index in [9.17, 15) is 0 Å². The Morgan fingerprint density at radius 3 is 2.80 bits per heavy atom. The van der Waals surface area contributed by atoms with Crippen molar-refractivity contribution in [2.45, 2.75) is 25.3 Å². The highest BCUT2D eigenvalue weighted by Gasteiger charge is 2.17. The second-order valence-electron chi connectivity index (χ2n) is 3.68. The van der Waals surface area contributed by atoms with Gasteiger partial charge in [0.2, 0.25) is 0 Å². The van der Waals surface area contributed by atoms with Crippen molar-refractivity contribution < 1.29 is 0 Å². The second-order valence-corrected chi connectivity index (χ2v) is 3.68. The van der Waals surface area contributed by atoms with Crippen molar-refractivity contribution in [1.82, 2.24) is 0 Å². The zero-order chi connectivity index (χ0) is 10.5. The predicted molar refractivity (Wildman–Crippen MR) is 61.2 cm³/mol. The van der Waals surface area contributed by atoms with Gasteiger partial charge in [-0.15, -0.1) is 0 Å². The van der Waals surface area contributed by atoms with Crippen LogP contribution in [0.3, 0.4) is 0 Å². The Balaban J connectivity index is 2.33. The van der Waals surface area contributed by atoms with Gasteiger partial charge in [-0.25, -0.2) is 0 Å². The number of benzene rings is 1. The standard InChI is InChI=1S/C12H13N3/c13-15-14-12-9-5-4-8-11(12)10-6-2-1-3-7-10/h1-3,6-8,12H,4-5,9H2. The minimum atomic E-state index is 0.0196.